The van der Waals surface area contributed by atoms with Gasteiger partial charge in [-0.3, -0.25) is 9.59 Å². The van der Waals surface area contributed by atoms with Crippen LogP contribution in [0.25, 0.3) is 0 Å². The lowest BCUT2D eigenvalue weighted by atomic mass is 10.00. The highest BCUT2D eigenvalue weighted by atomic mass is 32.1. The lowest BCUT2D eigenvalue weighted by molar-refractivity contribution is -0.127. The van der Waals surface area contributed by atoms with Crippen LogP contribution in [0.3, 0.4) is 0 Å². The molecular weight excluding hydrogens is 391 g/mol. The van der Waals surface area contributed by atoms with E-state index in [1.807, 2.05) is 0 Å². The number of carbonyl (C=O) groups excluding carboxylic acids is 2. The number of aromatic nitrogens is 2. The van der Waals surface area contributed by atoms with Crippen LogP contribution in [0.5, 0.6) is 0 Å². The van der Waals surface area contributed by atoms with Crippen LogP contribution in [0.2, 0.25) is 0 Å². The summed E-state index contributed by atoms with van der Waals surface area (Å²) in [5.74, 6) is -0.861. The molecule has 2 fully saturated rings. The molecule has 29 heavy (non-hydrogen) atoms. The normalized spacial score (nSPS) is 18.7. The Morgan fingerprint density at radius 1 is 1.07 bits per heavy atom. The second kappa shape index (κ2) is 8.98. The van der Waals surface area contributed by atoms with Gasteiger partial charge < -0.3 is 10.2 Å². The third kappa shape index (κ3) is 4.47. The minimum absolute atomic E-state index is 0.0476. The topological polar surface area (TPSA) is 75.2 Å². The molecule has 2 aliphatic carbocycles. The number of hydrogen-bond acceptors (Lipinski definition) is 5. The average Bonchev–Trinajstić information content (AvgIpc) is 3.49. The molecule has 1 aromatic heterocycles. The van der Waals surface area contributed by atoms with Crippen molar-refractivity contribution in [2.75, 3.05) is 0 Å². The molecule has 2 saturated carbocycles. The molecule has 1 N–H and O–H groups in total. The number of nitrogens with zero attached hydrogens (tertiary/aromatic N) is 3. The highest BCUT2D eigenvalue weighted by molar-refractivity contribution is 7.03. The van der Waals surface area contributed by atoms with Gasteiger partial charge in [0.1, 0.15) is 11.9 Å². The molecule has 2 aromatic rings. The number of nitrogens with one attached hydrogen (secondary N) is 1. The molecule has 0 spiro atoms. The van der Waals surface area contributed by atoms with Crippen LogP contribution in [-0.4, -0.2) is 38.4 Å². The molecule has 0 radical (unpaired) electrons. The number of halogens is 1. The zero-order chi connectivity index (χ0) is 20.2. The molecule has 1 aromatic carbocycles. The van der Waals surface area contributed by atoms with Crippen LogP contribution in [0.4, 0.5) is 4.39 Å². The molecular formula is C21H25FN4O2S. The summed E-state index contributed by atoms with van der Waals surface area (Å²) in [4.78, 5) is 28.5. The van der Waals surface area contributed by atoms with Crippen LogP contribution >= 0.6 is 11.5 Å². The van der Waals surface area contributed by atoms with E-state index in [-0.39, 0.29) is 35.4 Å². The van der Waals surface area contributed by atoms with Gasteiger partial charge in [0.2, 0.25) is 5.91 Å². The first-order chi connectivity index (χ1) is 14.1. The first-order valence-electron chi connectivity index (χ1n) is 10.3. The van der Waals surface area contributed by atoms with Gasteiger partial charge in [-0.15, -0.1) is 5.10 Å². The van der Waals surface area contributed by atoms with Gasteiger partial charge in [0.05, 0.1) is 0 Å². The maximum Gasteiger partial charge on any atom is 0.276 e. The second-order valence-electron chi connectivity index (χ2n) is 7.88. The van der Waals surface area contributed by atoms with E-state index in [1.54, 1.807) is 22.4 Å². The number of benzene rings is 1. The summed E-state index contributed by atoms with van der Waals surface area (Å²) in [5, 5.41) is 8.70. The predicted molar refractivity (Wildman–Crippen MR) is 108 cm³/mol. The van der Waals surface area contributed by atoms with Crippen molar-refractivity contribution in [1.82, 2.24) is 19.8 Å². The van der Waals surface area contributed by atoms with Crippen molar-refractivity contribution in [3.05, 3.63) is 46.7 Å². The molecule has 0 unspecified atom stereocenters. The van der Waals surface area contributed by atoms with Crippen LogP contribution < -0.4 is 5.32 Å². The molecule has 6 nitrogen and oxygen atoms in total. The Balaban J connectivity index is 1.71. The minimum atomic E-state index is -0.812. The van der Waals surface area contributed by atoms with Crippen molar-refractivity contribution in [1.29, 1.82) is 0 Å². The summed E-state index contributed by atoms with van der Waals surface area (Å²) in [7, 11) is 0. The second-order valence-corrected chi connectivity index (χ2v) is 8.49. The molecule has 154 valence electrons. The van der Waals surface area contributed by atoms with Gasteiger partial charge >= 0.3 is 0 Å². The maximum atomic E-state index is 13.6. The van der Waals surface area contributed by atoms with E-state index >= 15 is 0 Å². The Kier molecular flexibility index (Phi) is 6.18. The molecule has 8 heteroatoms. The zero-order valence-corrected chi connectivity index (χ0v) is 17.0. The molecule has 2 aliphatic rings. The van der Waals surface area contributed by atoms with Gasteiger partial charge in [0, 0.05) is 17.5 Å². The molecule has 0 bridgehead atoms. The number of hydrogen-bond donors (Lipinski definition) is 1. The Morgan fingerprint density at radius 3 is 2.34 bits per heavy atom. The van der Waals surface area contributed by atoms with Crippen LogP contribution in [0.1, 0.15) is 73.5 Å². The van der Waals surface area contributed by atoms with E-state index in [0.29, 0.717) is 5.56 Å². The van der Waals surface area contributed by atoms with Crippen molar-refractivity contribution in [2.45, 2.75) is 69.5 Å². The standard InChI is InChI=1S/C21H25FN4O2S/c22-15-11-9-14(10-12-15)19(20(27)23-16-5-1-2-6-16)26(17-7-3-4-8-17)21(28)18-13-29-25-24-18/h9-13,16-17,19H,1-8H2,(H,23,27)/t19-/m1/s1. The van der Waals surface area contributed by atoms with E-state index < -0.39 is 6.04 Å². The summed E-state index contributed by atoms with van der Waals surface area (Å²) in [5.41, 5.74) is 0.869. The molecule has 0 saturated heterocycles. The minimum Gasteiger partial charge on any atom is -0.351 e. The van der Waals surface area contributed by atoms with E-state index in [4.69, 9.17) is 0 Å². The van der Waals surface area contributed by atoms with Crippen molar-refractivity contribution < 1.29 is 14.0 Å². The number of carbonyl (C=O) groups is 2. The van der Waals surface area contributed by atoms with E-state index in [1.165, 1.54) is 12.1 Å². The fraction of sp³-hybridized carbons (Fsp3) is 0.524. The zero-order valence-electron chi connectivity index (χ0n) is 16.2. The summed E-state index contributed by atoms with van der Waals surface area (Å²) >= 11 is 1.11. The molecule has 1 heterocycles. The predicted octanol–water partition coefficient (Wildman–Crippen LogP) is 3.86. The highest BCUT2D eigenvalue weighted by Crippen LogP contribution is 2.33. The van der Waals surface area contributed by atoms with Gasteiger partial charge in [0.25, 0.3) is 5.91 Å². The summed E-state index contributed by atoms with van der Waals surface area (Å²) in [6.45, 7) is 0. The van der Waals surface area contributed by atoms with Gasteiger partial charge in [-0.2, -0.15) is 0 Å². The fourth-order valence-corrected chi connectivity index (χ4v) is 4.93. The first-order valence-corrected chi connectivity index (χ1v) is 11.1. The van der Waals surface area contributed by atoms with Crippen molar-refractivity contribution >= 4 is 23.3 Å². The fourth-order valence-electron chi connectivity index (χ4n) is 4.50. The van der Waals surface area contributed by atoms with Gasteiger partial charge in [0.15, 0.2) is 5.69 Å². The Morgan fingerprint density at radius 2 is 1.72 bits per heavy atom. The van der Waals surface area contributed by atoms with Crippen molar-refractivity contribution in [3.63, 3.8) is 0 Å². The smallest absolute Gasteiger partial charge is 0.276 e. The summed E-state index contributed by atoms with van der Waals surface area (Å²) in [6.07, 6.45) is 7.83. The lowest BCUT2D eigenvalue weighted by Crippen LogP contribution is -2.49. The molecule has 4 rings (SSSR count). The number of amides is 2. The Labute approximate surface area is 173 Å². The van der Waals surface area contributed by atoms with Crippen molar-refractivity contribution in [2.24, 2.45) is 0 Å². The average molecular weight is 417 g/mol. The monoisotopic (exact) mass is 416 g/mol. The third-order valence-electron chi connectivity index (χ3n) is 5.95. The van der Waals surface area contributed by atoms with E-state index in [2.05, 4.69) is 14.9 Å². The largest absolute Gasteiger partial charge is 0.351 e. The Hall–Kier alpha value is -2.35. The highest BCUT2D eigenvalue weighted by Gasteiger charge is 2.39. The quantitative estimate of drug-likeness (QED) is 0.776. The van der Waals surface area contributed by atoms with Crippen LogP contribution in [0.15, 0.2) is 29.6 Å². The van der Waals surface area contributed by atoms with Crippen molar-refractivity contribution in [3.8, 4) is 0 Å². The third-order valence-corrected chi connectivity index (χ3v) is 6.45. The Bertz CT molecular complexity index is 831. The van der Waals surface area contributed by atoms with Crippen LogP contribution in [-0.2, 0) is 4.79 Å². The van der Waals surface area contributed by atoms with E-state index in [9.17, 15) is 14.0 Å². The van der Waals surface area contributed by atoms with E-state index in [0.717, 1.165) is 62.9 Å². The lowest BCUT2D eigenvalue weighted by Gasteiger charge is -2.36. The van der Waals surface area contributed by atoms with Gasteiger partial charge in [-0.05, 0) is 54.9 Å². The van der Waals surface area contributed by atoms with Crippen LogP contribution in [0, 0.1) is 5.82 Å². The first kappa shape index (κ1) is 19.9. The summed E-state index contributed by atoms with van der Waals surface area (Å²) in [6, 6.07) is 5.15. The van der Waals surface area contributed by atoms with Gasteiger partial charge in [-0.25, -0.2) is 4.39 Å². The number of rotatable bonds is 6. The maximum absolute atomic E-state index is 13.6. The SMILES string of the molecule is O=C(NC1CCCC1)[C@@H](c1ccc(F)cc1)N(C(=O)c1csnn1)C1CCCC1. The molecule has 0 aliphatic heterocycles. The molecule has 1 atom stereocenters. The molecule has 2 amide bonds. The van der Waals surface area contributed by atoms with Gasteiger partial charge in [-0.1, -0.05) is 42.3 Å². The summed E-state index contributed by atoms with van der Waals surface area (Å²) < 4.78 is 17.4.